The Morgan fingerprint density at radius 2 is 1.62 bits per heavy atom. The van der Waals surface area contributed by atoms with Crippen LogP contribution in [0.15, 0.2) is 17.1 Å². The van der Waals surface area contributed by atoms with Crippen LogP contribution in [0.3, 0.4) is 0 Å². The van der Waals surface area contributed by atoms with E-state index < -0.39 is 0 Å². The summed E-state index contributed by atoms with van der Waals surface area (Å²) >= 11 is 0. The largest absolute Gasteiger partial charge is 0.493 e. The lowest BCUT2D eigenvalue weighted by Gasteiger charge is -2.25. The van der Waals surface area contributed by atoms with Crippen LogP contribution in [0.2, 0.25) is 0 Å². The second-order valence-electron chi connectivity index (χ2n) is 6.83. The molecule has 0 radical (unpaired) electrons. The van der Waals surface area contributed by atoms with E-state index in [1.807, 2.05) is 12.1 Å². The molecular weight excluding hydrogens is 445 g/mol. The van der Waals surface area contributed by atoms with Crippen LogP contribution in [0.4, 0.5) is 0 Å². The van der Waals surface area contributed by atoms with E-state index in [1.165, 1.54) is 25.7 Å². The van der Waals surface area contributed by atoms with Gasteiger partial charge in [0, 0.05) is 20.1 Å². The van der Waals surface area contributed by atoms with Gasteiger partial charge in [0.15, 0.2) is 17.5 Å². The molecule has 0 amide bonds. The summed E-state index contributed by atoms with van der Waals surface area (Å²) in [6.07, 6.45) is 5.22. The molecule has 1 fully saturated rings. The van der Waals surface area contributed by atoms with Crippen molar-refractivity contribution < 1.29 is 14.2 Å². The molecule has 1 aromatic carbocycles. The molecule has 7 heteroatoms. The fourth-order valence-electron chi connectivity index (χ4n) is 3.35. The number of guanidine groups is 1. The van der Waals surface area contributed by atoms with Gasteiger partial charge in [0.2, 0.25) is 5.75 Å². The van der Waals surface area contributed by atoms with Crippen molar-refractivity contribution in [1.82, 2.24) is 10.6 Å². The highest BCUT2D eigenvalue weighted by Gasteiger charge is 2.28. The van der Waals surface area contributed by atoms with Crippen LogP contribution in [0.5, 0.6) is 17.2 Å². The number of benzene rings is 1. The summed E-state index contributed by atoms with van der Waals surface area (Å²) in [6.45, 7) is 3.91. The summed E-state index contributed by atoms with van der Waals surface area (Å²) < 4.78 is 16.2. The second kappa shape index (κ2) is 10.7. The molecule has 26 heavy (non-hydrogen) atoms. The van der Waals surface area contributed by atoms with Crippen molar-refractivity contribution in [3.05, 3.63) is 17.7 Å². The first-order valence-electron chi connectivity index (χ1n) is 8.78. The van der Waals surface area contributed by atoms with Gasteiger partial charge in [-0.25, -0.2) is 0 Å². The molecule has 0 saturated heterocycles. The topological polar surface area (TPSA) is 64.1 Å². The number of ether oxygens (including phenoxy) is 3. The van der Waals surface area contributed by atoms with E-state index in [0.29, 0.717) is 29.2 Å². The van der Waals surface area contributed by atoms with Gasteiger partial charge in [-0.1, -0.05) is 19.8 Å². The third kappa shape index (κ3) is 5.82. The highest BCUT2D eigenvalue weighted by atomic mass is 127. The molecule has 148 valence electrons. The summed E-state index contributed by atoms with van der Waals surface area (Å²) in [6, 6.07) is 3.89. The zero-order valence-corrected chi connectivity index (χ0v) is 18.8. The fraction of sp³-hybridized carbons (Fsp3) is 0.632. The van der Waals surface area contributed by atoms with Gasteiger partial charge in [0.05, 0.1) is 21.3 Å². The Kier molecular flexibility index (Phi) is 9.32. The molecule has 1 saturated carbocycles. The van der Waals surface area contributed by atoms with Gasteiger partial charge in [0.1, 0.15) is 0 Å². The SMILES string of the molecule is CN=C(NCc1cc(OC)c(OC)c(OC)c1)NCC1(C)CCCC1.I. The van der Waals surface area contributed by atoms with Gasteiger partial charge in [-0.15, -0.1) is 24.0 Å². The summed E-state index contributed by atoms with van der Waals surface area (Å²) in [7, 11) is 6.64. The summed E-state index contributed by atoms with van der Waals surface area (Å²) in [5.41, 5.74) is 1.41. The van der Waals surface area contributed by atoms with Crippen LogP contribution in [0.25, 0.3) is 0 Å². The minimum Gasteiger partial charge on any atom is -0.493 e. The number of nitrogens with zero attached hydrogens (tertiary/aromatic N) is 1. The quantitative estimate of drug-likeness (QED) is 0.357. The zero-order chi connectivity index (χ0) is 18.3. The van der Waals surface area contributed by atoms with E-state index in [2.05, 4.69) is 22.5 Å². The van der Waals surface area contributed by atoms with Crippen LogP contribution in [-0.4, -0.2) is 40.9 Å². The Balaban J connectivity index is 0.00000338. The smallest absolute Gasteiger partial charge is 0.203 e. The number of hydrogen-bond acceptors (Lipinski definition) is 4. The van der Waals surface area contributed by atoms with E-state index in [0.717, 1.165) is 18.1 Å². The minimum atomic E-state index is 0. The first-order valence-corrected chi connectivity index (χ1v) is 8.78. The zero-order valence-electron chi connectivity index (χ0n) is 16.5. The summed E-state index contributed by atoms with van der Waals surface area (Å²) in [4.78, 5) is 4.32. The maximum Gasteiger partial charge on any atom is 0.203 e. The average Bonchev–Trinajstić information content (AvgIpc) is 3.07. The Morgan fingerprint density at radius 1 is 1.04 bits per heavy atom. The van der Waals surface area contributed by atoms with E-state index in [-0.39, 0.29) is 24.0 Å². The molecule has 0 heterocycles. The van der Waals surface area contributed by atoms with Crippen LogP contribution in [-0.2, 0) is 6.54 Å². The van der Waals surface area contributed by atoms with Crippen LogP contribution in [0.1, 0.15) is 38.2 Å². The fourth-order valence-corrected chi connectivity index (χ4v) is 3.35. The molecule has 0 spiro atoms. The molecule has 0 atom stereocenters. The van der Waals surface area contributed by atoms with Crippen LogP contribution < -0.4 is 24.8 Å². The molecule has 0 aliphatic heterocycles. The van der Waals surface area contributed by atoms with Gasteiger partial charge < -0.3 is 24.8 Å². The lowest BCUT2D eigenvalue weighted by atomic mass is 9.89. The average molecular weight is 477 g/mol. The number of halogens is 1. The maximum absolute atomic E-state index is 5.40. The molecule has 0 aromatic heterocycles. The predicted molar refractivity (Wildman–Crippen MR) is 116 cm³/mol. The predicted octanol–water partition coefficient (Wildman–Crippen LogP) is 3.58. The van der Waals surface area contributed by atoms with E-state index in [4.69, 9.17) is 14.2 Å². The van der Waals surface area contributed by atoms with E-state index in [9.17, 15) is 0 Å². The molecule has 2 rings (SSSR count). The molecule has 2 N–H and O–H groups in total. The first kappa shape index (κ1) is 22.7. The standard InChI is InChI=1S/C19H31N3O3.HI/c1-19(8-6-7-9-19)13-22-18(20-2)21-12-14-10-15(23-3)17(25-5)16(11-14)24-4;/h10-11H,6-9,12-13H2,1-5H3,(H2,20,21,22);1H. The molecule has 1 aliphatic carbocycles. The molecule has 1 aliphatic rings. The normalized spacial score (nSPS) is 15.8. The number of nitrogens with one attached hydrogen (secondary N) is 2. The van der Waals surface area contributed by atoms with Crippen molar-refractivity contribution in [1.29, 1.82) is 0 Å². The van der Waals surface area contributed by atoms with Crippen molar-refractivity contribution in [2.75, 3.05) is 34.9 Å². The lowest BCUT2D eigenvalue weighted by molar-refractivity contribution is 0.323. The van der Waals surface area contributed by atoms with Gasteiger partial charge in [-0.3, -0.25) is 4.99 Å². The number of rotatable bonds is 7. The first-order chi connectivity index (χ1) is 12.0. The molecular formula is C19H32IN3O3. The Labute approximate surface area is 174 Å². The molecule has 1 aromatic rings. The number of aliphatic imine (C=N–C) groups is 1. The van der Waals surface area contributed by atoms with Crippen molar-refractivity contribution in [2.24, 2.45) is 10.4 Å². The summed E-state index contributed by atoms with van der Waals surface area (Å²) in [5.74, 6) is 2.72. The van der Waals surface area contributed by atoms with Crippen LogP contribution in [0, 0.1) is 5.41 Å². The molecule has 0 bridgehead atoms. The monoisotopic (exact) mass is 477 g/mol. The van der Waals surface area contributed by atoms with Gasteiger partial charge in [0.25, 0.3) is 0 Å². The van der Waals surface area contributed by atoms with Gasteiger partial charge in [-0.05, 0) is 36.0 Å². The highest BCUT2D eigenvalue weighted by Crippen LogP contribution is 2.38. The molecule has 0 unspecified atom stereocenters. The van der Waals surface area contributed by atoms with E-state index in [1.54, 1.807) is 28.4 Å². The van der Waals surface area contributed by atoms with Crippen molar-refractivity contribution in [3.63, 3.8) is 0 Å². The second-order valence-corrected chi connectivity index (χ2v) is 6.83. The Bertz CT molecular complexity index is 577. The van der Waals surface area contributed by atoms with Crippen LogP contribution >= 0.6 is 24.0 Å². The number of methoxy groups -OCH3 is 3. The van der Waals surface area contributed by atoms with Crippen molar-refractivity contribution in [3.8, 4) is 17.2 Å². The number of hydrogen-bond donors (Lipinski definition) is 2. The Hall–Kier alpha value is -1.38. The summed E-state index contributed by atoms with van der Waals surface area (Å²) in [5, 5.41) is 6.81. The third-order valence-corrected chi connectivity index (χ3v) is 4.90. The van der Waals surface area contributed by atoms with Crippen molar-refractivity contribution in [2.45, 2.75) is 39.2 Å². The van der Waals surface area contributed by atoms with Gasteiger partial charge in [-0.2, -0.15) is 0 Å². The Morgan fingerprint density at radius 3 is 2.08 bits per heavy atom. The lowest BCUT2D eigenvalue weighted by Crippen LogP contribution is -2.41. The maximum atomic E-state index is 5.40. The van der Waals surface area contributed by atoms with E-state index >= 15 is 0 Å². The minimum absolute atomic E-state index is 0. The molecule has 6 nitrogen and oxygen atoms in total. The highest BCUT2D eigenvalue weighted by molar-refractivity contribution is 14.0. The third-order valence-electron chi connectivity index (χ3n) is 4.90. The van der Waals surface area contributed by atoms with Crippen molar-refractivity contribution >= 4 is 29.9 Å². The van der Waals surface area contributed by atoms with Gasteiger partial charge >= 0.3 is 0 Å².